The Labute approximate surface area is 274 Å². The first-order valence-electron chi connectivity index (χ1n) is 15.8. The van der Waals surface area contributed by atoms with E-state index in [-0.39, 0.29) is 0 Å². The van der Waals surface area contributed by atoms with Crippen molar-refractivity contribution >= 4 is 57.7 Å². The maximum Gasteiger partial charge on any atom is 0.103 e. The van der Waals surface area contributed by atoms with Gasteiger partial charge in [0.1, 0.15) is 5.84 Å². The second kappa shape index (κ2) is 14.1. The van der Waals surface area contributed by atoms with E-state index < -0.39 is 7.92 Å². The summed E-state index contributed by atoms with van der Waals surface area (Å²) >= 11 is 0. The standard InChI is InChI=1S/C42H40N3P/c1-29-16-12-17-30(2)38(29)28-41(46(34-20-8-6-9-21-34)35-22-10-7-11-23-35)45-40-27-15-24-36-37(40)25-14-26-39(36)43-33(5)44-42-31(3)18-13-19-32(42)4/h6-27H,28H2,1-5H3,(H,43,44). The van der Waals surface area contributed by atoms with Crippen LogP contribution in [-0.4, -0.2) is 11.3 Å². The minimum atomic E-state index is -0.883. The first-order chi connectivity index (χ1) is 22.4. The van der Waals surface area contributed by atoms with E-state index in [0.717, 1.165) is 40.1 Å². The fourth-order valence-corrected chi connectivity index (χ4v) is 8.43. The van der Waals surface area contributed by atoms with Crippen molar-refractivity contribution in [2.75, 3.05) is 5.32 Å². The molecule has 6 aromatic rings. The van der Waals surface area contributed by atoms with Crippen molar-refractivity contribution in [2.24, 2.45) is 9.98 Å². The molecule has 0 aliphatic heterocycles. The third-order valence-corrected chi connectivity index (χ3v) is 10.9. The van der Waals surface area contributed by atoms with Gasteiger partial charge in [0.25, 0.3) is 0 Å². The number of aliphatic imine (C=N–C) groups is 2. The molecule has 46 heavy (non-hydrogen) atoms. The number of fused-ring (bicyclic) bond motifs is 1. The van der Waals surface area contributed by atoms with Crippen LogP contribution in [0.15, 0.2) is 143 Å². The first kappa shape index (κ1) is 31.1. The molecule has 0 amide bonds. The highest BCUT2D eigenvalue weighted by Crippen LogP contribution is 2.41. The average Bonchev–Trinajstić information content (AvgIpc) is 3.06. The van der Waals surface area contributed by atoms with Crippen LogP contribution >= 0.6 is 7.92 Å². The van der Waals surface area contributed by atoms with Gasteiger partial charge >= 0.3 is 0 Å². The number of rotatable bonds is 8. The molecule has 0 radical (unpaired) electrons. The van der Waals surface area contributed by atoms with Crippen LogP contribution in [0, 0.1) is 27.7 Å². The Morgan fingerprint density at radius 3 is 1.67 bits per heavy atom. The van der Waals surface area contributed by atoms with Gasteiger partial charge in [-0.3, -0.25) is 4.99 Å². The molecule has 1 N–H and O–H groups in total. The highest BCUT2D eigenvalue weighted by molar-refractivity contribution is 7.88. The van der Waals surface area contributed by atoms with Crippen LogP contribution in [0.1, 0.15) is 34.7 Å². The zero-order valence-corrected chi connectivity index (χ0v) is 28.1. The molecule has 0 saturated heterocycles. The van der Waals surface area contributed by atoms with Crippen molar-refractivity contribution in [2.45, 2.75) is 41.0 Å². The summed E-state index contributed by atoms with van der Waals surface area (Å²) in [6, 6.07) is 47.5. The summed E-state index contributed by atoms with van der Waals surface area (Å²) in [6.07, 6.45) is 0.782. The van der Waals surface area contributed by atoms with Crippen molar-refractivity contribution in [1.82, 2.24) is 0 Å². The highest BCUT2D eigenvalue weighted by Gasteiger charge is 2.22. The summed E-state index contributed by atoms with van der Waals surface area (Å²) in [7, 11) is -0.883. The van der Waals surface area contributed by atoms with E-state index in [0.29, 0.717) is 0 Å². The highest BCUT2D eigenvalue weighted by atomic mass is 31.1. The van der Waals surface area contributed by atoms with Gasteiger partial charge in [-0.2, -0.15) is 0 Å². The van der Waals surface area contributed by atoms with Crippen molar-refractivity contribution in [3.8, 4) is 0 Å². The number of nitrogens with one attached hydrogen (secondary N) is 1. The number of nitrogens with zero attached hydrogens (tertiary/aromatic N) is 2. The topological polar surface area (TPSA) is 36.8 Å². The molecule has 0 fully saturated rings. The minimum Gasteiger partial charge on any atom is -0.343 e. The van der Waals surface area contributed by atoms with Gasteiger partial charge in [-0.05, 0) is 85.2 Å². The summed E-state index contributed by atoms with van der Waals surface area (Å²) in [5.74, 6) is 0.853. The molecule has 0 spiro atoms. The molecular formula is C42H40N3P. The van der Waals surface area contributed by atoms with Crippen LogP contribution in [0.5, 0.6) is 0 Å². The summed E-state index contributed by atoms with van der Waals surface area (Å²) < 4.78 is 0. The van der Waals surface area contributed by atoms with Crippen LogP contribution in [0.3, 0.4) is 0 Å². The van der Waals surface area contributed by atoms with Gasteiger partial charge < -0.3 is 5.32 Å². The predicted molar refractivity (Wildman–Crippen MR) is 202 cm³/mol. The van der Waals surface area contributed by atoms with Gasteiger partial charge in [0.15, 0.2) is 0 Å². The number of hydrogen-bond donors (Lipinski definition) is 1. The van der Waals surface area contributed by atoms with E-state index in [9.17, 15) is 0 Å². The van der Waals surface area contributed by atoms with E-state index in [1.165, 1.54) is 43.9 Å². The lowest BCUT2D eigenvalue weighted by molar-refractivity contribution is 1.21. The van der Waals surface area contributed by atoms with Gasteiger partial charge in [-0.15, -0.1) is 0 Å². The van der Waals surface area contributed by atoms with Crippen LogP contribution < -0.4 is 15.9 Å². The number of hydrogen-bond acceptors (Lipinski definition) is 2. The van der Waals surface area contributed by atoms with Gasteiger partial charge in [-0.25, -0.2) is 4.99 Å². The molecule has 0 unspecified atom stereocenters. The van der Waals surface area contributed by atoms with E-state index >= 15 is 0 Å². The van der Waals surface area contributed by atoms with Crippen LogP contribution in [-0.2, 0) is 6.42 Å². The molecule has 0 heterocycles. The zero-order valence-electron chi connectivity index (χ0n) is 27.3. The maximum absolute atomic E-state index is 5.62. The molecule has 6 rings (SSSR count). The Balaban J connectivity index is 1.49. The van der Waals surface area contributed by atoms with Gasteiger partial charge in [0, 0.05) is 30.8 Å². The smallest absolute Gasteiger partial charge is 0.103 e. The SMILES string of the molecule is CC(=Nc1c(C)cccc1C)Nc1cccc2c(N=C(Cc3c(C)cccc3C)P(c3ccccc3)c3ccccc3)cccc12. The van der Waals surface area contributed by atoms with E-state index in [4.69, 9.17) is 9.98 Å². The Hall–Kier alpha value is -4.85. The lowest BCUT2D eigenvalue weighted by Gasteiger charge is -2.23. The summed E-state index contributed by atoms with van der Waals surface area (Å²) in [6.45, 7) is 10.7. The average molecular weight is 618 g/mol. The summed E-state index contributed by atoms with van der Waals surface area (Å²) in [5, 5.41) is 8.44. The Morgan fingerprint density at radius 1 is 0.543 bits per heavy atom. The third kappa shape index (κ3) is 6.86. The lowest BCUT2D eigenvalue weighted by atomic mass is 10.0. The second-order valence-electron chi connectivity index (χ2n) is 11.8. The zero-order chi connectivity index (χ0) is 32.0. The molecule has 228 valence electrons. The number of para-hydroxylation sites is 1. The fourth-order valence-electron chi connectivity index (χ4n) is 6.07. The van der Waals surface area contributed by atoms with E-state index in [2.05, 4.69) is 166 Å². The first-order valence-corrected chi connectivity index (χ1v) is 17.2. The molecule has 0 saturated carbocycles. The molecule has 0 aromatic heterocycles. The van der Waals surface area contributed by atoms with Crippen molar-refractivity contribution in [1.29, 1.82) is 0 Å². The number of aryl methyl sites for hydroxylation is 4. The Kier molecular flexibility index (Phi) is 9.52. The molecule has 0 bridgehead atoms. The quantitative estimate of drug-likeness (QED) is 0.103. The van der Waals surface area contributed by atoms with Crippen molar-refractivity contribution in [3.05, 3.63) is 161 Å². The number of benzene rings is 6. The molecular weight excluding hydrogens is 577 g/mol. The van der Waals surface area contributed by atoms with Crippen LogP contribution in [0.25, 0.3) is 10.8 Å². The predicted octanol–water partition coefficient (Wildman–Crippen LogP) is 10.6. The van der Waals surface area contributed by atoms with Crippen LogP contribution in [0.4, 0.5) is 17.1 Å². The summed E-state index contributed by atoms with van der Waals surface area (Å²) in [5.41, 5.74) is 10.5. The fraction of sp³-hybridized carbons (Fsp3) is 0.143. The third-order valence-electron chi connectivity index (χ3n) is 8.45. The van der Waals surface area contributed by atoms with Crippen molar-refractivity contribution < 1.29 is 0 Å². The normalized spacial score (nSPS) is 12.1. The maximum atomic E-state index is 5.62. The largest absolute Gasteiger partial charge is 0.343 e. The van der Waals surface area contributed by atoms with Crippen LogP contribution in [0.2, 0.25) is 0 Å². The molecule has 0 aliphatic rings. The van der Waals surface area contributed by atoms with Crippen molar-refractivity contribution in [3.63, 3.8) is 0 Å². The Bertz CT molecular complexity index is 1970. The second-order valence-corrected chi connectivity index (χ2v) is 14.0. The monoisotopic (exact) mass is 617 g/mol. The molecule has 4 heteroatoms. The minimum absolute atomic E-state index is 0.782. The molecule has 3 nitrogen and oxygen atoms in total. The van der Waals surface area contributed by atoms with E-state index in [1.807, 2.05) is 6.92 Å². The molecule has 6 aromatic carbocycles. The lowest BCUT2D eigenvalue weighted by Crippen LogP contribution is -2.20. The van der Waals surface area contributed by atoms with Gasteiger partial charge in [-0.1, -0.05) is 121 Å². The van der Waals surface area contributed by atoms with Gasteiger partial charge in [0.05, 0.1) is 16.8 Å². The van der Waals surface area contributed by atoms with E-state index in [1.54, 1.807) is 0 Å². The molecule has 0 atom stereocenters. The number of anilines is 1. The summed E-state index contributed by atoms with van der Waals surface area (Å²) in [4.78, 5) is 10.6. The molecule has 0 aliphatic carbocycles. The number of amidine groups is 1. The van der Waals surface area contributed by atoms with Gasteiger partial charge in [0.2, 0.25) is 0 Å². The Morgan fingerprint density at radius 2 is 1.07 bits per heavy atom.